The number of para-hydroxylation sites is 1. The number of hydrogen-bond acceptors (Lipinski definition) is 2. The Morgan fingerprint density at radius 2 is 1.84 bits per heavy atom. The van der Waals surface area contributed by atoms with Crippen molar-refractivity contribution in [2.75, 3.05) is 0 Å². The lowest BCUT2D eigenvalue weighted by Crippen LogP contribution is -2.23. The highest BCUT2D eigenvalue weighted by atomic mass is 16.1. The summed E-state index contributed by atoms with van der Waals surface area (Å²) in [5.41, 5.74) is 6.96. The van der Waals surface area contributed by atoms with E-state index in [1.807, 2.05) is 51.1 Å². The highest BCUT2D eigenvalue weighted by Crippen LogP contribution is 2.23. The molecule has 0 unspecified atom stereocenters. The molecule has 2 aromatic heterocycles. The van der Waals surface area contributed by atoms with Gasteiger partial charge in [-0.3, -0.25) is 9.78 Å². The van der Waals surface area contributed by atoms with Gasteiger partial charge in [0.25, 0.3) is 5.91 Å². The Balaban J connectivity index is 1.83. The molecular weight excluding hydrogens is 310 g/mol. The third kappa shape index (κ3) is 3.48. The standard InChI is InChI=1S/C21H23N3O/c1-14-7-5-6-8-20(14)24-16(3)11-19(17(24)4)21(25)23-13-18-10-9-15(2)22-12-18/h5-12H,13H2,1-4H3,(H,23,25). The highest BCUT2D eigenvalue weighted by molar-refractivity contribution is 5.95. The minimum atomic E-state index is -0.0616. The number of carbonyl (C=O) groups excluding carboxylic acids is 1. The number of nitrogens with zero attached hydrogens (tertiary/aromatic N) is 2. The van der Waals surface area contributed by atoms with E-state index < -0.39 is 0 Å². The fraction of sp³-hybridized carbons (Fsp3) is 0.238. The number of pyridine rings is 1. The molecule has 4 nitrogen and oxygen atoms in total. The fourth-order valence-electron chi connectivity index (χ4n) is 3.06. The summed E-state index contributed by atoms with van der Waals surface area (Å²) in [5, 5.41) is 2.99. The average Bonchev–Trinajstić information content (AvgIpc) is 2.89. The van der Waals surface area contributed by atoms with Crippen molar-refractivity contribution in [1.29, 1.82) is 0 Å². The molecule has 1 amide bonds. The summed E-state index contributed by atoms with van der Waals surface area (Å²) >= 11 is 0. The molecule has 0 saturated heterocycles. The number of benzene rings is 1. The van der Waals surface area contributed by atoms with Crippen LogP contribution in [-0.2, 0) is 6.54 Å². The molecule has 0 fully saturated rings. The predicted octanol–water partition coefficient (Wildman–Crippen LogP) is 4.04. The minimum Gasteiger partial charge on any atom is -0.348 e. The first-order valence-electron chi connectivity index (χ1n) is 8.42. The Bertz CT molecular complexity index is 907. The lowest BCUT2D eigenvalue weighted by molar-refractivity contribution is 0.0950. The predicted molar refractivity (Wildman–Crippen MR) is 100 cm³/mol. The van der Waals surface area contributed by atoms with E-state index in [1.165, 1.54) is 5.56 Å². The van der Waals surface area contributed by atoms with Crippen LogP contribution in [-0.4, -0.2) is 15.5 Å². The minimum absolute atomic E-state index is 0.0616. The van der Waals surface area contributed by atoms with E-state index in [0.717, 1.165) is 28.3 Å². The second-order valence-electron chi connectivity index (χ2n) is 6.40. The van der Waals surface area contributed by atoms with Crippen molar-refractivity contribution in [2.24, 2.45) is 0 Å². The summed E-state index contributed by atoms with van der Waals surface area (Å²) in [7, 11) is 0. The number of carbonyl (C=O) groups is 1. The molecule has 0 aliphatic carbocycles. The molecule has 3 aromatic rings. The molecule has 0 atom stereocenters. The lowest BCUT2D eigenvalue weighted by atomic mass is 10.2. The molecule has 3 rings (SSSR count). The molecule has 0 radical (unpaired) electrons. The molecular formula is C21H23N3O. The van der Waals surface area contributed by atoms with Crippen molar-refractivity contribution in [3.05, 3.63) is 82.4 Å². The first-order valence-corrected chi connectivity index (χ1v) is 8.42. The van der Waals surface area contributed by atoms with Crippen molar-refractivity contribution in [1.82, 2.24) is 14.9 Å². The zero-order valence-electron chi connectivity index (χ0n) is 15.1. The second-order valence-corrected chi connectivity index (χ2v) is 6.40. The molecule has 4 heteroatoms. The number of rotatable bonds is 4. The molecule has 0 spiro atoms. The molecule has 0 aliphatic rings. The Hall–Kier alpha value is -2.88. The van der Waals surface area contributed by atoms with E-state index in [0.29, 0.717) is 12.1 Å². The summed E-state index contributed by atoms with van der Waals surface area (Å²) in [6, 6.07) is 14.1. The van der Waals surface area contributed by atoms with Gasteiger partial charge in [-0.2, -0.15) is 0 Å². The molecule has 0 aliphatic heterocycles. The van der Waals surface area contributed by atoms with Crippen LogP contribution in [0.1, 0.15) is 38.6 Å². The quantitative estimate of drug-likeness (QED) is 0.783. The van der Waals surface area contributed by atoms with Crippen LogP contribution in [0, 0.1) is 27.7 Å². The number of aromatic nitrogens is 2. The molecule has 0 saturated carbocycles. The number of hydrogen-bond donors (Lipinski definition) is 1. The van der Waals surface area contributed by atoms with E-state index in [4.69, 9.17) is 0 Å². The van der Waals surface area contributed by atoms with Gasteiger partial charge in [0.05, 0.1) is 5.56 Å². The van der Waals surface area contributed by atoms with Gasteiger partial charge in [-0.05, 0) is 57.0 Å². The van der Waals surface area contributed by atoms with Crippen LogP contribution in [0.3, 0.4) is 0 Å². The molecule has 2 heterocycles. The molecule has 1 N–H and O–H groups in total. The van der Waals surface area contributed by atoms with Gasteiger partial charge < -0.3 is 9.88 Å². The summed E-state index contributed by atoms with van der Waals surface area (Å²) < 4.78 is 2.14. The summed E-state index contributed by atoms with van der Waals surface area (Å²) in [6.45, 7) is 8.52. The Morgan fingerprint density at radius 1 is 1.08 bits per heavy atom. The first kappa shape index (κ1) is 17.0. The lowest BCUT2D eigenvalue weighted by Gasteiger charge is -2.12. The van der Waals surface area contributed by atoms with E-state index in [-0.39, 0.29) is 5.91 Å². The van der Waals surface area contributed by atoms with E-state index >= 15 is 0 Å². The van der Waals surface area contributed by atoms with Gasteiger partial charge in [0.1, 0.15) is 0 Å². The topological polar surface area (TPSA) is 46.9 Å². The smallest absolute Gasteiger partial charge is 0.253 e. The van der Waals surface area contributed by atoms with E-state index in [9.17, 15) is 4.79 Å². The van der Waals surface area contributed by atoms with E-state index in [2.05, 4.69) is 33.9 Å². The molecule has 25 heavy (non-hydrogen) atoms. The van der Waals surface area contributed by atoms with Gasteiger partial charge in [-0.1, -0.05) is 24.3 Å². The van der Waals surface area contributed by atoms with Crippen LogP contribution in [0.5, 0.6) is 0 Å². The third-order valence-corrected chi connectivity index (χ3v) is 4.46. The molecule has 1 aromatic carbocycles. The molecule has 128 valence electrons. The van der Waals surface area contributed by atoms with Gasteiger partial charge in [0, 0.05) is 35.5 Å². The number of amides is 1. The van der Waals surface area contributed by atoms with Gasteiger partial charge in [0.2, 0.25) is 0 Å². The zero-order chi connectivity index (χ0) is 18.0. The summed E-state index contributed by atoms with van der Waals surface area (Å²) in [4.78, 5) is 16.9. The van der Waals surface area contributed by atoms with Crippen LogP contribution in [0.15, 0.2) is 48.7 Å². The Morgan fingerprint density at radius 3 is 2.52 bits per heavy atom. The SMILES string of the molecule is Cc1ccc(CNC(=O)c2cc(C)n(-c3ccccc3C)c2C)cn1. The van der Waals surface area contributed by atoms with Crippen LogP contribution in [0.4, 0.5) is 0 Å². The van der Waals surface area contributed by atoms with Crippen molar-refractivity contribution in [2.45, 2.75) is 34.2 Å². The van der Waals surface area contributed by atoms with Crippen LogP contribution < -0.4 is 5.32 Å². The van der Waals surface area contributed by atoms with Gasteiger partial charge in [-0.25, -0.2) is 0 Å². The second kappa shape index (κ2) is 6.93. The maximum Gasteiger partial charge on any atom is 0.253 e. The Kier molecular flexibility index (Phi) is 4.70. The summed E-state index contributed by atoms with van der Waals surface area (Å²) in [5.74, 6) is -0.0616. The Labute approximate surface area is 148 Å². The highest BCUT2D eigenvalue weighted by Gasteiger charge is 2.17. The van der Waals surface area contributed by atoms with Gasteiger partial charge >= 0.3 is 0 Å². The van der Waals surface area contributed by atoms with Crippen molar-refractivity contribution in [3.63, 3.8) is 0 Å². The normalized spacial score (nSPS) is 10.7. The van der Waals surface area contributed by atoms with Gasteiger partial charge in [-0.15, -0.1) is 0 Å². The van der Waals surface area contributed by atoms with Gasteiger partial charge in [0.15, 0.2) is 0 Å². The van der Waals surface area contributed by atoms with E-state index in [1.54, 1.807) is 6.20 Å². The van der Waals surface area contributed by atoms with Crippen molar-refractivity contribution >= 4 is 5.91 Å². The maximum atomic E-state index is 12.6. The maximum absolute atomic E-state index is 12.6. The first-order chi connectivity index (χ1) is 12.0. The van der Waals surface area contributed by atoms with Crippen molar-refractivity contribution < 1.29 is 4.79 Å². The zero-order valence-corrected chi connectivity index (χ0v) is 15.1. The van der Waals surface area contributed by atoms with Crippen LogP contribution in [0.2, 0.25) is 0 Å². The summed E-state index contributed by atoms with van der Waals surface area (Å²) in [6.07, 6.45) is 1.80. The van der Waals surface area contributed by atoms with Crippen LogP contribution >= 0.6 is 0 Å². The third-order valence-electron chi connectivity index (χ3n) is 4.46. The van der Waals surface area contributed by atoms with Crippen molar-refractivity contribution in [3.8, 4) is 5.69 Å². The number of nitrogens with one attached hydrogen (secondary N) is 1. The average molecular weight is 333 g/mol. The monoisotopic (exact) mass is 333 g/mol. The molecule has 0 bridgehead atoms. The largest absolute Gasteiger partial charge is 0.348 e. The number of aryl methyl sites for hydroxylation is 3. The van der Waals surface area contributed by atoms with Crippen LogP contribution in [0.25, 0.3) is 5.69 Å². The fourth-order valence-corrected chi connectivity index (χ4v) is 3.06.